The molecule has 0 radical (unpaired) electrons. The maximum Gasteiger partial charge on any atom is 0.224 e. The number of hydrogen-bond donors (Lipinski definition) is 1. The van der Waals surface area contributed by atoms with Crippen LogP contribution in [-0.4, -0.2) is 17.1 Å². The topological polar surface area (TPSA) is 64.4 Å². The second-order valence-electron chi connectivity index (χ2n) is 6.61. The highest BCUT2D eigenvalue weighted by molar-refractivity contribution is 5.78. The van der Waals surface area contributed by atoms with Crippen molar-refractivity contribution < 1.29 is 14.1 Å². The Morgan fingerprint density at radius 3 is 2.62 bits per heavy atom. The molecule has 5 heteroatoms. The minimum atomic E-state index is 0.0822. The summed E-state index contributed by atoms with van der Waals surface area (Å²) >= 11 is 0. The molecular weight excluding hydrogens is 304 g/mol. The van der Waals surface area contributed by atoms with Gasteiger partial charge in [0.1, 0.15) is 18.1 Å². The van der Waals surface area contributed by atoms with Crippen LogP contribution in [0.4, 0.5) is 0 Å². The van der Waals surface area contributed by atoms with Gasteiger partial charge in [0.25, 0.3) is 0 Å². The molecule has 1 amide bonds. The third-order valence-corrected chi connectivity index (χ3v) is 4.57. The zero-order valence-corrected chi connectivity index (χ0v) is 14.5. The molecule has 1 fully saturated rings. The standard InChI is InChI=1S/C19H24N2O3/c1-12(16-6-7-16)20-19(22)10-15-4-8-17(9-5-15)23-11-18-13(2)21-24-14(18)3/h4-5,8-9,12,16H,6-7,10-11H2,1-3H3,(H,20,22)/t12-/m0/s1. The number of aryl methyl sites for hydroxylation is 2. The van der Waals surface area contributed by atoms with Crippen molar-refractivity contribution >= 4 is 5.91 Å². The molecule has 1 aromatic carbocycles. The van der Waals surface area contributed by atoms with E-state index in [2.05, 4.69) is 17.4 Å². The number of carbonyl (C=O) groups is 1. The van der Waals surface area contributed by atoms with Crippen LogP contribution in [0.5, 0.6) is 5.75 Å². The quantitative estimate of drug-likeness (QED) is 0.847. The molecule has 5 nitrogen and oxygen atoms in total. The summed E-state index contributed by atoms with van der Waals surface area (Å²) in [7, 11) is 0. The Kier molecular flexibility index (Phi) is 4.88. The van der Waals surface area contributed by atoms with E-state index in [4.69, 9.17) is 9.26 Å². The maximum atomic E-state index is 12.0. The Morgan fingerprint density at radius 2 is 2.04 bits per heavy atom. The lowest BCUT2D eigenvalue weighted by Crippen LogP contribution is -2.35. The second kappa shape index (κ2) is 7.07. The van der Waals surface area contributed by atoms with Crippen molar-refractivity contribution in [3.63, 3.8) is 0 Å². The monoisotopic (exact) mass is 328 g/mol. The van der Waals surface area contributed by atoms with Crippen LogP contribution in [-0.2, 0) is 17.8 Å². The first-order valence-electron chi connectivity index (χ1n) is 8.46. The molecule has 3 rings (SSSR count). The van der Waals surface area contributed by atoms with Gasteiger partial charge in [0.05, 0.1) is 17.7 Å². The van der Waals surface area contributed by atoms with E-state index in [-0.39, 0.29) is 11.9 Å². The van der Waals surface area contributed by atoms with Crippen molar-refractivity contribution in [3.8, 4) is 5.75 Å². The lowest BCUT2D eigenvalue weighted by molar-refractivity contribution is -0.121. The highest BCUT2D eigenvalue weighted by Crippen LogP contribution is 2.32. The van der Waals surface area contributed by atoms with E-state index in [0.717, 1.165) is 28.3 Å². The first kappa shape index (κ1) is 16.6. The number of carbonyl (C=O) groups excluding carboxylic acids is 1. The Labute approximate surface area is 142 Å². The lowest BCUT2D eigenvalue weighted by Gasteiger charge is -2.13. The minimum Gasteiger partial charge on any atom is -0.489 e. The summed E-state index contributed by atoms with van der Waals surface area (Å²) in [5.74, 6) is 2.31. The Morgan fingerprint density at radius 1 is 1.33 bits per heavy atom. The zero-order chi connectivity index (χ0) is 17.1. The molecule has 1 saturated carbocycles. The van der Waals surface area contributed by atoms with Crippen molar-refractivity contribution in [2.75, 3.05) is 0 Å². The van der Waals surface area contributed by atoms with Gasteiger partial charge in [-0.3, -0.25) is 4.79 Å². The van der Waals surface area contributed by atoms with Crippen LogP contribution in [0.2, 0.25) is 0 Å². The van der Waals surface area contributed by atoms with E-state index in [1.165, 1.54) is 12.8 Å². The van der Waals surface area contributed by atoms with Crippen molar-refractivity contribution in [1.82, 2.24) is 10.5 Å². The number of ether oxygens (including phenoxy) is 1. The molecule has 1 aliphatic carbocycles. The predicted octanol–water partition coefficient (Wildman–Crippen LogP) is 3.33. The lowest BCUT2D eigenvalue weighted by atomic mass is 10.1. The van der Waals surface area contributed by atoms with Gasteiger partial charge in [-0.2, -0.15) is 0 Å². The molecule has 1 heterocycles. The number of aromatic nitrogens is 1. The Balaban J connectivity index is 1.50. The first-order valence-corrected chi connectivity index (χ1v) is 8.46. The summed E-state index contributed by atoms with van der Waals surface area (Å²) in [5, 5.41) is 6.99. The summed E-state index contributed by atoms with van der Waals surface area (Å²) in [6.45, 7) is 6.30. The largest absolute Gasteiger partial charge is 0.489 e. The molecule has 2 aromatic rings. The van der Waals surface area contributed by atoms with Gasteiger partial charge >= 0.3 is 0 Å². The number of nitrogens with one attached hydrogen (secondary N) is 1. The van der Waals surface area contributed by atoms with E-state index in [1.807, 2.05) is 38.1 Å². The number of rotatable bonds is 7. The fourth-order valence-corrected chi connectivity index (χ4v) is 2.77. The molecule has 0 bridgehead atoms. The predicted molar refractivity (Wildman–Crippen MR) is 90.8 cm³/mol. The molecule has 1 N–H and O–H groups in total. The summed E-state index contributed by atoms with van der Waals surface area (Å²) in [4.78, 5) is 12.0. The van der Waals surface area contributed by atoms with Crippen molar-refractivity contribution in [2.45, 2.75) is 52.7 Å². The van der Waals surface area contributed by atoms with E-state index in [0.29, 0.717) is 18.9 Å². The smallest absolute Gasteiger partial charge is 0.224 e. The van der Waals surface area contributed by atoms with Gasteiger partial charge in [-0.15, -0.1) is 0 Å². The van der Waals surface area contributed by atoms with Gasteiger partial charge < -0.3 is 14.6 Å². The fourth-order valence-electron chi connectivity index (χ4n) is 2.77. The van der Waals surface area contributed by atoms with Crippen LogP contribution in [0.15, 0.2) is 28.8 Å². The highest BCUT2D eigenvalue weighted by atomic mass is 16.5. The molecule has 0 unspecified atom stereocenters. The first-order chi connectivity index (χ1) is 11.5. The molecular formula is C19H24N2O3. The molecule has 0 saturated heterocycles. The fraction of sp³-hybridized carbons (Fsp3) is 0.474. The van der Waals surface area contributed by atoms with Crippen LogP contribution in [0.25, 0.3) is 0 Å². The van der Waals surface area contributed by atoms with E-state index < -0.39 is 0 Å². The normalized spacial score (nSPS) is 15.1. The van der Waals surface area contributed by atoms with Gasteiger partial charge in [-0.25, -0.2) is 0 Å². The van der Waals surface area contributed by atoms with Gasteiger partial charge in [0.15, 0.2) is 0 Å². The Bertz CT molecular complexity index is 682. The molecule has 0 spiro atoms. The summed E-state index contributed by atoms with van der Waals surface area (Å²) < 4.78 is 10.9. The van der Waals surface area contributed by atoms with Crippen LogP contribution < -0.4 is 10.1 Å². The van der Waals surface area contributed by atoms with Crippen LogP contribution in [0, 0.1) is 19.8 Å². The Hall–Kier alpha value is -2.30. The average Bonchev–Trinajstić information content (AvgIpc) is 3.35. The number of benzene rings is 1. The van der Waals surface area contributed by atoms with E-state index in [9.17, 15) is 4.79 Å². The van der Waals surface area contributed by atoms with Crippen LogP contribution in [0.1, 0.15) is 42.3 Å². The SMILES string of the molecule is Cc1noc(C)c1COc1ccc(CC(=O)N[C@@H](C)C2CC2)cc1. The second-order valence-corrected chi connectivity index (χ2v) is 6.61. The van der Waals surface area contributed by atoms with Crippen molar-refractivity contribution in [3.05, 3.63) is 46.8 Å². The number of hydrogen-bond acceptors (Lipinski definition) is 4. The molecule has 128 valence electrons. The summed E-state index contributed by atoms with van der Waals surface area (Å²) in [6.07, 6.45) is 2.87. The minimum absolute atomic E-state index is 0.0822. The van der Waals surface area contributed by atoms with Crippen molar-refractivity contribution in [2.24, 2.45) is 5.92 Å². The summed E-state index contributed by atoms with van der Waals surface area (Å²) in [5.41, 5.74) is 2.82. The molecule has 1 aromatic heterocycles. The van der Waals surface area contributed by atoms with Gasteiger partial charge in [-0.1, -0.05) is 17.3 Å². The number of amides is 1. The van der Waals surface area contributed by atoms with E-state index >= 15 is 0 Å². The van der Waals surface area contributed by atoms with Gasteiger partial charge in [0.2, 0.25) is 5.91 Å². The third-order valence-electron chi connectivity index (χ3n) is 4.57. The molecule has 1 aliphatic rings. The van der Waals surface area contributed by atoms with Gasteiger partial charge in [-0.05, 0) is 57.2 Å². The molecule has 1 atom stereocenters. The maximum absolute atomic E-state index is 12.0. The average molecular weight is 328 g/mol. The van der Waals surface area contributed by atoms with E-state index in [1.54, 1.807) is 0 Å². The highest BCUT2D eigenvalue weighted by Gasteiger charge is 2.28. The molecule has 0 aliphatic heterocycles. The van der Waals surface area contributed by atoms with Gasteiger partial charge in [0, 0.05) is 6.04 Å². The summed E-state index contributed by atoms with van der Waals surface area (Å²) in [6, 6.07) is 7.94. The number of nitrogens with zero attached hydrogens (tertiary/aromatic N) is 1. The zero-order valence-electron chi connectivity index (χ0n) is 14.5. The van der Waals surface area contributed by atoms with Crippen LogP contribution >= 0.6 is 0 Å². The van der Waals surface area contributed by atoms with Crippen LogP contribution in [0.3, 0.4) is 0 Å². The molecule has 24 heavy (non-hydrogen) atoms. The van der Waals surface area contributed by atoms with Crippen molar-refractivity contribution in [1.29, 1.82) is 0 Å². The third kappa shape index (κ3) is 4.16.